The van der Waals surface area contributed by atoms with Crippen molar-refractivity contribution in [3.8, 4) is 5.69 Å². The van der Waals surface area contributed by atoms with E-state index in [0.29, 0.717) is 16.7 Å². The van der Waals surface area contributed by atoms with Crippen LogP contribution in [0.5, 0.6) is 0 Å². The summed E-state index contributed by atoms with van der Waals surface area (Å²) in [6, 6.07) is 15.3. The van der Waals surface area contributed by atoms with Gasteiger partial charge in [0, 0.05) is 5.39 Å². The molecular formula is C21H15N3O5. The fourth-order valence-electron chi connectivity index (χ4n) is 2.90. The van der Waals surface area contributed by atoms with Gasteiger partial charge in [0.1, 0.15) is 16.7 Å². The molecule has 2 aromatic heterocycles. The molecule has 0 spiro atoms. The number of nitrogens with one attached hydrogen (secondary N) is 1. The van der Waals surface area contributed by atoms with Crippen LogP contribution < -0.4 is 10.9 Å². The number of para-hydroxylation sites is 1. The second kappa shape index (κ2) is 7.08. The molecule has 1 amide bonds. The van der Waals surface area contributed by atoms with E-state index in [2.05, 4.69) is 10.4 Å². The number of carboxylic acids is 1. The van der Waals surface area contributed by atoms with Crippen molar-refractivity contribution in [2.45, 2.75) is 6.92 Å². The largest absolute Gasteiger partial charge is 0.477 e. The Labute approximate surface area is 164 Å². The number of hydrogen-bond acceptors (Lipinski definition) is 5. The van der Waals surface area contributed by atoms with Gasteiger partial charge in [-0.3, -0.25) is 4.79 Å². The first kappa shape index (κ1) is 18.2. The Morgan fingerprint density at radius 2 is 1.79 bits per heavy atom. The third-order valence-corrected chi connectivity index (χ3v) is 4.40. The number of carboxylic acid groups (broad SMARTS) is 1. The molecule has 2 heterocycles. The summed E-state index contributed by atoms with van der Waals surface area (Å²) >= 11 is 0. The minimum Gasteiger partial charge on any atom is -0.477 e. The summed E-state index contributed by atoms with van der Waals surface area (Å²) in [5.41, 5.74) is 0.660. The lowest BCUT2D eigenvalue weighted by atomic mass is 10.1. The van der Waals surface area contributed by atoms with Gasteiger partial charge in [0.15, 0.2) is 5.82 Å². The van der Waals surface area contributed by atoms with Gasteiger partial charge in [-0.15, -0.1) is 0 Å². The maximum absolute atomic E-state index is 12.8. The van der Waals surface area contributed by atoms with E-state index in [0.717, 1.165) is 11.8 Å². The predicted octanol–water partition coefficient (Wildman–Crippen LogP) is 3.24. The molecule has 0 aliphatic rings. The van der Waals surface area contributed by atoms with E-state index >= 15 is 0 Å². The van der Waals surface area contributed by atoms with Crippen molar-refractivity contribution in [2.24, 2.45) is 0 Å². The lowest BCUT2D eigenvalue weighted by Crippen LogP contribution is -2.23. The Bertz CT molecular complexity index is 1300. The van der Waals surface area contributed by atoms with Crippen molar-refractivity contribution < 1.29 is 19.1 Å². The van der Waals surface area contributed by atoms with Crippen LogP contribution in [0.15, 0.2) is 70.0 Å². The minimum atomic E-state index is -1.26. The molecule has 0 fully saturated rings. The van der Waals surface area contributed by atoms with Crippen LogP contribution in [0, 0.1) is 6.92 Å². The standard InChI is InChI=1S/C21H15N3O5/c1-12-6-8-14(9-7-12)24-18(16(11-22-24)20(26)27)23-19(25)15-10-13-4-2-3-5-17(13)29-21(15)28/h2-11H,1H3,(H,23,25)(H,26,27). The van der Waals surface area contributed by atoms with Crippen LogP contribution >= 0.6 is 0 Å². The number of rotatable bonds is 4. The predicted molar refractivity (Wildman–Crippen MR) is 106 cm³/mol. The number of carbonyl (C=O) groups excluding carboxylic acids is 1. The van der Waals surface area contributed by atoms with Crippen LogP contribution in [0.2, 0.25) is 0 Å². The zero-order valence-electron chi connectivity index (χ0n) is 15.2. The first-order valence-corrected chi connectivity index (χ1v) is 8.66. The Morgan fingerprint density at radius 3 is 2.52 bits per heavy atom. The number of nitrogens with zero attached hydrogens (tertiary/aromatic N) is 2. The molecule has 29 heavy (non-hydrogen) atoms. The maximum atomic E-state index is 12.8. The van der Waals surface area contributed by atoms with E-state index in [-0.39, 0.29) is 16.9 Å². The van der Waals surface area contributed by atoms with Crippen LogP contribution in [0.3, 0.4) is 0 Å². The first-order valence-electron chi connectivity index (χ1n) is 8.66. The molecule has 0 aliphatic heterocycles. The third-order valence-electron chi connectivity index (χ3n) is 4.40. The fraction of sp³-hybridized carbons (Fsp3) is 0.0476. The van der Waals surface area contributed by atoms with Gasteiger partial charge in [0.2, 0.25) is 0 Å². The summed E-state index contributed by atoms with van der Waals surface area (Å²) in [7, 11) is 0. The summed E-state index contributed by atoms with van der Waals surface area (Å²) in [6.07, 6.45) is 1.14. The molecule has 0 bridgehead atoms. The summed E-state index contributed by atoms with van der Waals surface area (Å²) in [5, 5.41) is 16.6. The normalized spacial score (nSPS) is 10.8. The second-order valence-corrected chi connectivity index (χ2v) is 6.40. The van der Waals surface area contributed by atoms with Gasteiger partial charge < -0.3 is 14.8 Å². The van der Waals surface area contributed by atoms with Gasteiger partial charge in [-0.2, -0.15) is 5.10 Å². The van der Waals surface area contributed by atoms with Gasteiger partial charge in [-0.25, -0.2) is 14.3 Å². The first-order chi connectivity index (χ1) is 13.9. The second-order valence-electron chi connectivity index (χ2n) is 6.40. The number of aromatic nitrogens is 2. The number of amides is 1. The summed E-state index contributed by atoms with van der Waals surface area (Å²) in [6.45, 7) is 1.91. The van der Waals surface area contributed by atoms with Gasteiger partial charge >= 0.3 is 11.6 Å². The molecule has 2 N–H and O–H groups in total. The number of benzene rings is 2. The Hall–Kier alpha value is -4.20. The molecule has 0 radical (unpaired) electrons. The van der Waals surface area contributed by atoms with E-state index in [4.69, 9.17) is 4.42 Å². The topological polar surface area (TPSA) is 114 Å². The number of carbonyl (C=O) groups is 2. The smallest absolute Gasteiger partial charge is 0.349 e. The summed E-state index contributed by atoms with van der Waals surface area (Å²) < 4.78 is 6.48. The Kier molecular flexibility index (Phi) is 4.44. The van der Waals surface area contributed by atoms with Crippen molar-refractivity contribution >= 4 is 28.7 Å². The van der Waals surface area contributed by atoms with Crippen molar-refractivity contribution in [3.63, 3.8) is 0 Å². The van der Waals surface area contributed by atoms with Gasteiger partial charge in [-0.1, -0.05) is 35.9 Å². The zero-order chi connectivity index (χ0) is 20.5. The highest BCUT2D eigenvalue weighted by molar-refractivity contribution is 6.08. The van der Waals surface area contributed by atoms with E-state index in [1.54, 1.807) is 36.4 Å². The van der Waals surface area contributed by atoms with Crippen LogP contribution in [0.1, 0.15) is 26.3 Å². The van der Waals surface area contributed by atoms with E-state index < -0.39 is 17.5 Å². The zero-order valence-corrected chi connectivity index (χ0v) is 15.2. The van der Waals surface area contributed by atoms with E-state index in [9.17, 15) is 19.5 Å². The molecule has 0 saturated carbocycles. The van der Waals surface area contributed by atoms with Crippen molar-refractivity contribution in [1.29, 1.82) is 0 Å². The number of aromatic carboxylic acids is 1. The lowest BCUT2D eigenvalue weighted by molar-refractivity contribution is 0.0698. The fourth-order valence-corrected chi connectivity index (χ4v) is 2.90. The molecule has 144 valence electrons. The van der Waals surface area contributed by atoms with Gasteiger partial charge in [0.25, 0.3) is 5.91 Å². The van der Waals surface area contributed by atoms with E-state index in [1.165, 1.54) is 10.7 Å². The quantitative estimate of drug-likeness (QED) is 0.518. The van der Waals surface area contributed by atoms with Crippen LogP contribution in [0.4, 0.5) is 5.82 Å². The van der Waals surface area contributed by atoms with Crippen LogP contribution in [-0.2, 0) is 0 Å². The lowest BCUT2D eigenvalue weighted by Gasteiger charge is -2.10. The molecular weight excluding hydrogens is 374 g/mol. The third kappa shape index (κ3) is 3.39. The molecule has 0 saturated heterocycles. The molecule has 2 aromatic carbocycles. The molecule has 8 nitrogen and oxygen atoms in total. The molecule has 0 unspecified atom stereocenters. The highest BCUT2D eigenvalue weighted by Crippen LogP contribution is 2.22. The molecule has 0 aliphatic carbocycles. The number of fused-ring (bicyclic) bond motifs is 1. The highest BCUT2D eigenvalue weighted by Gasteiger charge is 2.22. The summed E-state index contributed by atoms with van der Waals surface area (Å²) in [4.78, 5) is 36.6. The highest BCUT2D eigenvalue weighted by atomic mass is 16.4. The van der Waals surface area contributed by atoms with Crippen molar-refractivity contribution in [1.82, 2.24) is 9.78 Å². The monoisotopic (exact) mass is 389 g/mol. The number of hydrogen-bond donors (Lipinski definition) is 2. The SMILES string of the molecule is Cc1ccc(-n2ncc(C(=O)O)c2NC(=O)c2cc3ccccc3oc2=O)cc1. The van der Waals surface area contributed by atoms with Crippen LogP contribution in [-0.4, -0.2) is 26.8 Å². The minimum absolute atomic E-state index is 0.0566. The Morgan fingerprint density at radius 1 is 1.07 bits per heavy atom. The number of aryl methyl sites for hydroxylation is 1. The van der Waals surface area contributed by atoms with Gasteiger partial charge in [0.05, 0.1) is 11.9 Å². The van der Waals surface area contributed by atoms with Crippen LogP contribution in [0.25, 0.3) is 16.7 Å². The van der Waals surface area contributed by atoms with Crippen molar-refractivity contribution in [2.75, 3.05) is 5.32 Å². The van der Waals surface area contributed by atoms with E-state index in [1.807, 2.05) is 19.1 Å². The maximum Gasteiger partial charge on any atom is 0.349 e. The number of anilines is 1. The molecule has 8 heteroatoms. The molecule has 4 rings (SSSR count). The molecule has 0 atom stereocenters. The van der Waals surface area contributed by atoms with Gasteiger partial charge in [-0.05, 0) is 31.2 Å². The Balaban J connectivity index is 1.77. The van der Waals surface area contributed by atoms with Crippen molar-refractivity contribution in [3.05, 3.63) is 87.9 Å². The summed E-state index contributed by atoms with van der Waals surface area (Å²) in [5.74, 6) is -2.11. The average molecular weight is 389 g/mol. The molecule has 4 aromatic rings. The average Bonchev–Trinajstić information content (AvgIpc) is 3.11.